The number of nitro benzene ring substituents is 1. The highest BCUT2D eigenvalue weighted by Gasteiger charge is 2.25. The van der Waals surface area contributed by atoms with Gasteiger partial charge in [0.05, 0.1) is 17.6 Å². The van der Waals surface area contributed by atoms with Crippen LogP contribution in [0.5, 0.6) is 0 Å². The second-order valence-corrected chi connectivity index (χ2v) is 6.57. The van der Waals surface area contributed by atoms with Crippen molar-refractivity contribution in [2.75, 3.05) is 7.11 Å². The monoisotopic (exact) mass is 344 g/mol. The number of nitrogens with zero attached hydrogens (tertiary/aromatic N) is 2. The summed E-state index contributed by atoms with van der Waals surface area (Å²) < 4.78 is 4.91. The van der Waals surface area contributed by atoms with Gasteiger partial charge < -0.3 is 4.74 Å². The molecule has 0 amide bonds. The Morgan fingerprint density at radius 1 is 1.29 bits per heavy atom. The van der Waals surface area contributed by atoms with Crippen LogP contribution in [0, 0.1) is 10.1 Å². The van der Waals surface area contributed by atoms with Gasteiger partial charge in [-0.1, -0.05) is 0 Å². The molecule has 0 atom stereocenters. The molecule has 0 unspecified atom stereocenters. The minimum atomic E-state index is -0.441. The number of nitro groups is 1. The molecule has 0 fully saturated rings. The zero-order valence-corrected chi connectivity index (χ0v) is 14.0. The summed E-state index contributed by atoms with van der Waals surface area (Å²) in [6.07, 6.45) is 5.66. The number of carbonyl (C=O) groups excluding carboxylic acids is 1. The van der Waals surface area contributed by atoms with Crippen LogP contribution in [0.25, 0.3) is 0 Å². The van der Waals surface area contributed by atoms with Crippen LogP contribution in [0.15, 0.2) is 29.3 Å². The second-order valence-electron chi connectivity index (χ2n) is 5.49. The van der Waals surface area contributed by atoms with E-state index >= 15 is 0 Å². The van der Waals surface area contributed by atoms with Crippen molar-refractivity contribution in [3.05, 3.63) is 55.9 Å². The van der Waals surface area contributed by atoms with Crippen molar-refractivity contribution in [2.45, 2.75) is 25.7 Å². The van der Waals surface area contributed by atoms with Crippen LogP contribution in [0.1, 0.15) is 39.2 Å². The Morgan fingerprint density at radius 2 is 2.00 bits per heavy atom. The average molecular weight is 344 g/mol. The van der Waals surface area contributed by atoms with Crippen LogP contribution in [0.4, 0.5) is 10.7 Å². The fourth-order valence-electron chi connectivity index (χ4n) is 2.77. The number of ether oxygens (including phenoxy) is 1. The molecule has 0 saturated heterocycles. The van der Waals surface area contributed by atoms with E-state index in [-0.39, 0.29) is 11.7 Å². The Labute approximate surface area is 143 Å². The molecule has 1 aromatic carbocycles. The predicted octanol–water partition coefficient (Wildman–Crippen LogP) is 4.07. The first-order chi connectivity index (χ1) is 11.6. The van der Waals surface area contributed by atoms with Crippen LogP contribution < -0.4 is 0 Å². The zero-order chi connectivity index (χ0) is 17.1. The lowest BCUT2D eigenvalue weighted by molar-refractivity contribution is -0.384. The van der Waals surface area contributed by atoms with Crippen LogP contribution in [0.2, 0.25) is 0 Å². The molecule has 3 rings (SSSR count). The van der Waals surface area contributed by atoms with E-state index in [0.29, 0.717) is 10.6 Å². The Balaban J connectivity index is 1.92. The maximum Gasteiger partial charge on any atom is 0.341 e. The van der Waals surface area contributed by atoms with E-state index < -0.39 is 4.92 Å². The van der Waals surface area contributed by atoms with Gasteiger partial charge in [0.25, 0.3) is 5.69 Å². The molecule has 1 aromatic heterocycles. The molecule has 6 nitrogen and oxygen atoms in total. The third-order valence-electron chi connectivity index (χ3n) is 3.98. The van der Waals surface area contributed by atoms with Crippen molar-refractivity contribution in [3.8, 4) is 0 Å². The van der Waals surface area contributed by atoms with Gasteiger partial charge in [0, 0.05) is 23.2 Å². The third-order valence-corrected chi connectivity index (χ3v) is 5.18. The smallest absolute Gasteiger partial charge is 0.341 e. The summed E-state index contributed by atoms with van der Waals surface area (Å²) in [7, 11) is 1.37. The summed E-state index contributed by atoms with van der Waals surface area (Å²) >= 11 is 1.53. The predicted molar refractivity (Wildman–Crippen MR) is 92.7 cm³/mol. The topological polar surface area (TPSA) is 81.8 Å². The van der Waals surface area contributed by atoms with Crippen LogP contribution in [0.3, 0.4) is 0 Å². The number of hydrogen-bond donors (Lipinski definition) is 0. The fourth-order valence-corrected chi connectivity index (χ4v) is 3.99. The molecule has 1 aliphatic carbocycles. The summed E-state index contributed by atoms with van der Waals surface area (Å²) in [5.74, 6) is -0.356. The van der Waals surface area contributed by atoms with Gasteiger partial charge in [0.15, 0.2) is 0 Å². The van der Waals surface area contributed by atoms with E-state index in [1.807, 2.05) is 0 Å². The lowest BCUT2D eigenvalue weighted by Gasteiger charge is -2.11. The quantitative estimate of drug-likeness (QED) is 0.362. The van der Waals surface area contributed by atoms with Gasteiger partial charge in [0.1, 0.15) is 5.00 Å². The first-order valence-electron chi connectivity index (χ1n) is 7.61. The van der Waals surface area contributed by atoms with Crippen LogP contribution in [-0.2, 0) is 17.6 Å². The number of aliphatic imine (C=N–C) groups is 1. The molecule has 0 aliphatic heterocycles. The number of carbonyl (C=O) groups is 1. The number of methoxy groups -OCH3 is 1. The lowest BCUT2D eigenvalue weighted by atomic mass is 9.95. The van der Waals surface area contributed by atoms with Gasteiger partial charge >= 0.3 is 5.97 Å². The zero-order valence-electron chi connectivity index (χ0n) is 13.2. The largest absolute Gasteiger partial charge is 0.465 e. The summed E-state index contributed by atoms with van der Waals surface area (Å²) in [6.45, 7) is 0. The van der Waals surface area contributed by atoms with Crippen molar-refractivity contribution >= 4 is 34.2 Å². The number of rotatable bonds is 4. The van der Waals surface area contributed by atoms with E-state index in [9.17, 15) is 14.9 Å². The third kappa shape index (κ3) is 3.21. The number of aryl methyl sites for hydroxylation is 1. The molecule has 0 spiro atoms. The van der Waals surface area contributed by atoms with Crippen molar-refractivity contribution in [1.29, 1.82) is 0 Å². The number of benzene rings is 1. The van der Waals surface area contributed by atoms with Gasteiger partial charge in [-0.25, -0.2) is 9.79 Å². The maximum absolute atomic E-state index is 12.1. The standard InChI is InChI=1S/C17H16N2O4S/c1-23-17(20)15-13-4-2-3-5-14(13)24-16(15)18-10-11-6-8-12(9-7-11)19(21)22/h6-10H,2-5H2,1H3. The normalized spacial score (nSPS) is 13.7. The van der Waals surface area contributed by atoms with E-state index in [1.165, 1.54) is 35.5 Å². The SMILES string of the molecule is COC(=O)c1c(N=Cc2ccc([N+](=O)[O-])cc2)sc2c1CCCC2. The van der Waals surface area contributed by atoms with Crippen molar-refractivity contribution in [1.82, 2.24) is 0 Å². The number of fused-ring (bicyclic) bond motifs is 1. The van der Waals surface area contributed by atoms with E-state index in [4.69, 9.17) is 4.74 Å². The Hall–Kier alpha value is -2.54. The minimum Gasteiger partial charge on any atom is -0.465 e. The van der Waals surface area contributed by atoms with Crippen LogP contribution >= 0.6 is 11.3 Å². The molecular weight excluding hydrogens is 328 g/mol. The summed E-state index contributed by atoms with van der Waals surface area (Å²) in [5, 5.41) is 11.3. The molecule has 24 heavy (non-hydrogen) atoms. The fraction of sp³-hybridized carbons (Fsp3) is 0.294. The van der Waals surface area contributed by atoms with Gasteiger partial charge in [0.2, 0.25) is 0 Å². The first kappa shape index (κ1) is 16.3. The Morgan fingerprint density at radius 3 is 2.67 bits per heavy atom. The summed E-state index contributed by atoms with van der Waals surface area (Å²) in [5.41, 5.74) is 2.40. The van der Waals surface area contributed by atoms with Gasteiger partial charge in [-0.3, -0.25) is 10.1 Å². The molecule has 2 aromatic rings. The highest BCUT2D eigenvalue weighted by Crippen LogP contribution is 2.40. The van der Waals surface area contributed by atoms with Crippen molar-refractivity contribution in [3.63, 3.8) is 0 Å². The Bertz CT molecular complexity index is 809. The molecule has 0 saturated carbocycles. The molecule has 7 heteroatoms. The number of non-ortho nitro benzene ring substituents is 1. The van der Waals surface area contributed by atoms with Gasteiger partial charge in [-0.15, -0.1) is 11.3 Å². The lowest BCUT2D eigenvalue weighted by Crippen LogP contribution is -2.07. The molecule has 0 N–H and O–H groups in total. The molecular formula is C17H16N2O4S. The highest BCUT2D eigenvalue weighted by molar-refractivity contribution is 7.16. The first-order valence-corrected chi connectivity index (χ1v) is 8.43. The van der Waals surface area contributed by atoms with Crippen molar-refractivity contribution in [2.24, 2.45) is 4.99 Å². The minimum absolute atomic E-state index is 0.0361. The van der Waals surface area contributed by atoms with E-state index in [2.05, 4.69) is 4.99 Å². The number of thiophene rings is 1. The maximum atomic E-state index is 12.1. The molecule has 1 heterocycles. The van der Waals surface area contributed by atoms with E-state index in [0.717, 1.165) is 36.8 Å². The molecule has 0 radical (unpaired) electrons. The average Bonchev–Trinajstić information content (AvgIpc) is 2.98. The molecule has 124 valence electrons. The second kappa shape index (κ2) is 6.92. The number of esters is 1. The summed E-state index contributed by atoms with van der Waals surface area (Å²) in [4.78, 5) is 28.0. The van der Waals surface area contributed by atoms with Gasteiger partial charge in [-0.2, -0.15) is 0 Å². The van der Waals surface area contributed by atoms with Gasteiger partial charge in [-0.05, 0) is 48.9 Å². The highest BCUT2D eigenvalue weighted by atomic mass is 32.1. The Kier molecular flexibility index (Phi) is 4.71. The number of hydrogen-bond acceptors (Lipinski definition) is 6. The van der Waals surface area contributed by atoms with E-state index in [1.54, 1.807) is 18.3 Å². The van der Waals surface area contributed by atoms with Crippen molar-refractivity contribution < 1.29 is 14.5 Å². The summed E-state index contributed by atoms with van der Waals surface area (Å²) in [6, 6.07) is 6.13. The van der Waals surface area contributed by atoms with Crippen LogP contribution in [-0.4, -0.2) is 24.2 Å². The molecule has 1 aliphatic rings. The molecule has 0 bridgehead atoms.